The predicted octanol–water partition coefficient (Wildman–Crippen LogP) is 19.9. The second-order valence-electron chi connectivity index (χ2n) is 39.4. The fraction of sp³-hybridized carbons (Fsp3) is 0.357. The summed E-state index contributed by atoms with van der Waals surface area (Å²) in [6.07, 6.45) is 23.6. The standard InChI is InChI=1S/2C28H27ClF3N3O4.2C28H25ClFN3O3/c1-28(31,32)39-19-6-2-17(3-7-19)25(36)12-16-8-10-34(11-9-16)33-27(38)21-15-35(18-4-5-18)24-14-22(29)23(30)13-20(24)26(21)37;1-28(31,32)39-19-6-2-16(3-7-19)25(36)15-34-10-8-17(9-11-34)33-27(38)21-14-35(18-4-5-18)24-13-22(29)23(30)12-20(24)26(21)37;1-2-17-3-5-19(6-4-17)26(34)13-18-9-11-32(12-10-18)31-28(36)22-16-33(20-7-8-20)25-15-23(29)24(30)14-21(25)27(22)35;1-2-17-3-5-18(6-4-17)26(34)16-32-11-9-19(10-12-32)31-28(36)22-15-33(20-7-8-20)25-14-23(29)24(30)13-21(25)27(22)35/h2-3,6-7,13-16,18H,4-5,8-12H2,1H3,(H,33,38);2-3,6-7,12-14,17-18H,4-5,8-11,15H2,1H3,(H,33,38);1,3-6,14-16,18,20H,7-13H2,(H,31,36);1,3-6,13-15,19-20H,7-12,16H2,(H,31,36). The van der Waals surface area contributed by atoms with Gasteiger partial charge in [0.15, 0.2) is 23.1 Å². The zero-order chi connectivity index (χ0) is 107. The van der Waals surface area contributed by atoms with Gasteiger partial charge in [-0.25, -0.2) is 27.6 Å². The van der Waals surface area contributed by atoms with Crippen molar-refractivity contribution in [2.45, 2.75) is 178 Å². The van der Waals surface area contributed by atoms with Gasteiger partial charge in [-0.15, -0.1) is 12.8 Å². The van der Waals surface area contributed by atoms with Crippen molar-refractivity contribution in [1.82, 2.24) is 59.6 Å². The molecule has 12 aromatic rings. The molecule has 4 N–H and O–H groups in total. The number of rotatable bonds is 28. The van der Waals surface area contributed by atoms with E-state index in [0.29, 0.717) is 162 Å². The maximum absolute atomic E-state index is 14.2. The lowest BCUT2D eigenvalue weighted by Gasteiger charge is -2.31. The molecule has 4 aliphatic carbocycles. The Labute approximate surface area is 875 Å². The summed E-state index contributed by atoms with van der Waals surface area (Å²) >= 11 is 23.8. The zero-order valence-corrected chi connectivity index (χ0v) is 84.6. The first-order chi connectivity index (χ1) is 71.6. The summed E-state index contributed by atoms with van der Waals surface area (Å²) in [5.74, 6) is 0.287. The molecule has 4 aliphatic heterocycles. The molecule has 0 atom stereocenters. The minimum absolute atomic E-state index is 0.00384. The number of pyridine rings is 4. The van der Waals surface area contributed by atoms with Gasteiger partial charge < -0.3 is 38.4 Å². The van der Waals surface area contributed by atoms with Crippen molar-refractivity contribution in [3.63, 3.8) is 0 Å². The highest BCUT2D eigenvalue weighted by Crippen LogP contribution is 2.43. The van der Waals surface area contributed by atoms with Crippen LogP contribution in [0.4, 0.5) is 35.1 Å². The number of alkyl halides is 4. The Morgan fingerprint density at radius 1 is 0.347 bits per heavy atom. The molecule has 0 unspecified atom stereocenters. The van der Waals surface area contributed by atoms with Gasteiger partial charge in [0.1, 0.15) is 57.0 Å². The number of aromatic nitrogens is 4. The molecule has 8 heterocycles. The van der Waals surface area contributed by atoms with Crippen LogP contribution in [-0.2, 0) is 0 Å². The average molecular weight is 2140 g/mol. The Morgan fingerprint density at radius 2 is 0.593 bits per heavy atom. The van der Waals surface area contributed by atoms with Crippen LogP contribution in [0.5, 0.6) is 11.5 Å². The number of hydrazine groups is 2. The monoisotopic (exact) mass is 2130 g/mol. The number of benzene rings is 8. The molecule has 8 fully saturated rings. The van der Waals surface area contributed by atoms with Crippen molar-refractivity contribution in [2.24, 2.45) is 11.8 Å². The van der Waals surface area contributed by atoms with Gasteiger partial charge in [-0.05, 0) is 236 Å². The third kappa shape index (κ3) is 26.5. The summed E-state index contributed by atoms with van der Waals surface area (Å²) < 4.78 is 125. The van der Waals surface area contributed by atoms with Crippen LogP contribution in [0.3, 0.4) is 0 Å². The Balaban J connectivity index is 0.000000136. The number of nitrogens with zero attached hydrogens (tertiary/aromatic N) is 8. The van der Waals surface area contributed by atoms with Crippen LogP contribution in [0.1, 0.15) is 248 Å². The maximum atomic E-state index is 14.2. The molecule has 150 heavy (non-hydrogen) atoms. The topological polar surface area (TPSA) is 304 Å². The van der Waals surface area contributed by atoms with Gasteiger partial charge in [-0.3, -0.25) is 78.2 Å². The number of carbonyl (C=O) groups is 8. The first-order valence-electron chi connectivity index (χ1n) is 49.6. The Kier molecular flexibility index (Phi) is 33.0. The zero-order valence-electron chi connectivity index (χ0n) is 81.6. The van der Waals surface area contributed by atoms with Gasteiger partial charge in [0.05, 0.1) is 55.2 Å². The molecule has 0 bridgehead atoms. The van der Waals surface area contributed by atoms with Gasteiger partial charge in [-0.2, -0.15) is 17.6 Å². The highest BCUT2D eigenvalue weighted by atomic mass is 35.5. The first kappa shape index (κ1) is 108. The van der Waals surface area contributed by atoms with Crippen LogP contribution in [-0.4, -0.2) is 175 Å². The molecule has 780 valence electrons. The van der Waals surface area contributed by atoms with E-state index in [9.17, 15) is 92.7 Å². The predicted molar refractivity (Wildman–Crippen MR) is 554 cm³/mol. The molecule has 0 radical (unpaired) electrons. The van der Waals surface area contributed by atoms with Crippen molar-refractivity contribution in [3.8, 4) is 36.2 Å². The number of piperidine rings is 4. The number of carbonyl (C=O) groups excluding carboxylic acids is 8. The second kappa shape index (κ2) is 46.0. The lowest BCUT2D eigenvalue weighted by Crippen LogP contribution is -2.47. The summed E-state index contributed by atoms with van der Waals surface area (Å²) in [6.45, 7) is 6.21. The van der Waals surface area contributed by atoms with E-state index in [1.54, 1.807) is 70.9 Å². The van der Waals surface area contributed by atoms with E-state index in [1.165, 1.54) is 85.2 Å². The Bertz CT molecular complexity index is 7190. The van der Waals surface area contributed by atoms with Crippen LogP contribution in [0.25, 0.3) is 43.6 Å². The van der Waals surface area contributed by atoms with Crippen LogP contribution in [0, 0.1) is 59.8 Å². The van der Waals surface area contributed by atoms with E-state index in [2.05, 4.69) is 47.7 Å². The normalized spacial score (nSPS) is 16.7. The minimum Gasteiger partial charge on any atom is -0.433 e. The fourth-order valence-electron chi connectivity index (χ4n) is 19.2. The Morgan fingerprint density at radius 3 is 0.840 bits per heavy atom. The molecule has 4 saturated carbocycles. The summed E-state index contributed by atoms with van der Waals surface area (Å²) in [6, 6.07) is 35.6. The molecule has 4 amide bonds. The van der Waals surface area contributed by atoms with Gasteiger partial charge in [0, 0.05) is 195 Å². The van der Waals surface area contributed by atoms with Crippen molar-refractivity contribution in [1.29, 1.82) is 0 Å². The summed E-state index contributed by atoms with van der Waals surface area (Å²) in [4.78, 5) is 159. The minimum atomic E-state index is -3.31. The fourth-order valence-corrected chi connectivity index (χ4v) is 19.9. The second-order valence-corrected chi connectivity index (χ2v) is 41.0. The number of hydrogen-bond acceptors (Lipinski definition) is 18. The SMILES string of the molecule is C#Cc1ccc(C(=O)CC2CCN(NC(=O)c3cn(C4CC4)c4cc(Cl)c(F)cc4c3=O)CC2)cc1.C#Cc1ccc(C(=O)CN2CCC(NC(=O)c3cn(C4CC4)c4cc(Cl)c(F)cc4c3=O)CC2)cc1.CC(F)(F)Oc1ccc(C(=O)CC2CCN(NC(=O)c3cn(C4CC4)c4cc(Cl)c(F)cc4c3=O)CC2)cc1.CC(F)(F)Oc1ccc(C(=O)CN2CCC(NC(=O)c3cn(C4CC4)c4cc(Cl)c(F)cc4c3=O)CC2)cc1. The number of amides is 4. The molecule has 38 heteroatoms. The first-order valence-corrected chi connectivity index (χ1v) is 51.1. The van der Waals surface area contributed by atoms with Gasteiger partial charge >= 0.3 is 12.2 Å². The summed E-state index contributed by atoms with van der Waals surface area (Å²) in [5.41, 5.74) is 8.96. The van der Waals surface area contributed by atoms with Crippen molar-refractivity contribution in [3.05, 3.63) is 310 Å². The highest BCUT2D eigenvalue weighted by Gasteiger charge is 2.37. The number of halogens is 12. The molecule has 8 aliphatic rings. The lowest BCUT2D eigenvalue weighted by atomic mass is 9.90. The molecule has 0 spiro atoms. The maximum Gasteiger partial charge on any atom is 0.394 e. The smallest absolute Gasteiger partial charge is 0.394 e. The van der Waals surface area contributed by atoms with E-state index in [1.807, 2.05) is 23.2 Å². The third-order valence-electron chi connectivity index (χ3n) is 28.0. The number of nitrogens with one attached hydrogen (secondary N) is 4. The number of ether oxygens (including phenoxy) is 2. The number of terminal acetylenes is 2. The summed E-state index contributed by atoms with van der Waals surface area (Å²) in [7, 11) is 0. The number of Topliss-reactive ketones (excluding diaryl/α,β-unsaturated/α-hetero) is 4. The van der Waals surface area contributed by atoms with Gasteiger partial charge in [0.2, 0.25) is 21.7 Å². The number of fused-ring (bicyclic) bond motifs is 4. The highest BCUT2D eigenvalue weighted by molar-refractivity contribution is 6.32. The van der Waals surface area contributed by atoms with Crippen molar-refractivity contribution >= 4 is 137 Å². The quantitative estimate of drug-likeness (QED) is 0.0201. The van der Waals surface area contributed by atoms with E-state index in [0.717, 1.165) is 99.6 Å². The third-order valence-corrected chi connectivity index (χ3v) is 29.2. The average Bonchev–Trinajstić information content (AvgIpc) is 1.59. The van der Waals surface area contributed by atoms with Crippen LogP contribution < -0.4 is 52.7 Å². The van der Waals surface area contributed by atoms with E-state index < -0.39 is 80.8 Å². The Hall–Kier alpha value is -13.7. The largest absolute Gasteiger partial charge is 0.433 e. The molecule has 20 rings (SSSR count). The van der Waals surface area contributed by atoms with Gasteiger partial charge in [-0.1, -0.05) is 82.5 Å². The van der Waals surface area contributed by atoms with E-state index in [-0.39, 0.29) is 160 Å². The number of likely N-dealkylation sites (tertiary alicyclic amines) is 2. The molecule has 26 nitrogen and oxygen atoms in total. The molecular formula is C112H104Cl4F8N12O14. The lowest BCUT2D eigenvalue weighted by molar-refractivity contribution is -0.159. The van der Waals surface area contributed by atoms with Gasteiger partial charge in [0.25, 0.3) is 23.6 Å². The van der Waals surface area contributed by atoms with E-state index in [4.69, 9.17) is 59.3 Å². The van der Waals surface area contributed by atoms with Crippen LogP contribution in [0.15, 0.2) is 190 Å². The van der Waals surface area contributed by atoms with Crippen LogP contribution in [0.2, 0.25) is 20.1 Å². The van der Waals surface area contributed by atoms with Crippen molar-refractivity contribution in [2.75, 3.05) is 65.4 Å². The van der Waals surface area contributed by atoms with Crippen molar-refractivity contribution < 1.29 is 83.0 Å². The number of hydrogen-bond donors (Lipinski definition) is 4. The molecular weight excluding hydrogens is 2030 g/mol. The molecule has 4 aromatic heterocycles. The molecule has 4 saturated heterocycles. The number of ketones is 4. The van der Waals surface area contributed by atoms with Crippen LogP contribution >= 0.6 is 46.4 Å². The van der Waals surface area contributed by atoms with E-state index >= 15 is 0 Å². The summed E-state index contributed by atoms with van der Waals surface area (Å²) in [5, 5.41) is 9.64. The molecule has 8 aromatic carbocycles.